The Morgan fingerprint density at radius 3 is 2.71 bits per heavy atom. The monoisotopic (exact) mass is 293 g/mol. The molecule has 21 heavy (non-hydrogen) atoms. The second-order valence-electron chi connectivity index (χ2n) is 5.38. The van der Waals surface area contributed by atoms with E-state index >= 15 is 0 Å². The Morgan fingerprint density at radius 2 is 2.10 bits per heavy atom. The fourth-order valence-electron chi connectivity index (χ4n) is 2.18. The number of methoxy groups -OCH3 is 1. The van der Waals surface area contributed by atoms with Crippen LogP contribution in [0.4, 0.5) is 4.79 Å². The molecule has 0 radical (unpaired) electrons. The first-order valence-corrected chi connectivity index (χ1v) is 7.25. The summed E-state index contributed by atoms with van der Waals surface area (Å²) in [5, 5.41) is 2.81. The second kappa shape index (κ2) is 7.43. The quantitative estimate of drug-likeness (QED) is 0.785. The summed E-state index contributed by atoms with van der Waals surface area (Å²) in [5.41, 5.74) is 2.10. The minimum atomic E-state index is -0.403. The van der Waals surface area contributed by atoms with Gasteiger partial charge >= 0.3 is 6.09 Å². The number of amides is 1. The molecular weight excluding hydrogens is 270 g/mol. The van der Waals surface area contributed by atoms with E-state index in [-0.39, 0.29) is 25.0 Å². The number of benzene rings is 1. The van der Waals surface area contributed by atoms with E-state index in [0.717, 1.165) is 24.0 Å². The fraction of sp³-hybridized carbons (Fsp3) is 0.562. The highest BCUT2D eigenvalue weighted by Gasteiger charge is 2.28. The van der Waals surface area contributed by atoms with Crippen LogP contribution >= 0.6 is 0 Å². The van der Waals surface area contributed by atoms with Crippen LogP contribution in [0.3, 0.4) is 0 Å². The van der Waals surface area contributed by atoms with Gasteiger partial charge in [-0.05, 0) is 37.8 Å². The highest BCUT2D eigenvalue weighted by atomic mass is 16.7. The lowest BCUT2D eigenvalue weighted by Gasteiger charge is -2.25. The first kappa shape index (κ1) is 15.8. The highest BCUT2D eigenvalue weighted by Crippen LogP contribution is 2.27. The third kappa shape index (κ3) is 4.72. The zero-order valence-corrected chi connectivity index (χ0v) is 12.8. The average Bonchev–Trinajstić information content (AvgIpc) is 3.24. The predicted octanol–water partition coefficient (Wildman–Crippen LogP) is 2.93. The summed E-state index contributed by atoms with van der Waals surface area (Å²) >= 11 is 0. The fourth-order valence-corrected chi connectivity index (χ4v) is 2.18. The largest absolute Gasteiger partial charge is 0.443 e. The van der Waals surface area contributed by atoms with Crippen LogP contribution < -0.4 is 5.32 Å². The molecule has 1 aliphatic rings. The number of rotatable bonds is 7. The molecule has 1 amide bonds. The van der Waals surface area contributed by atoms with E-state index in [2.05, 4.69) is 5.32 Å². The molecule has 1 aromatic rings. The SMILES string of the molecule is COCOC(c1ccccc1C)C(C)OC(=O)NC1CC1. The predicted molar refractivity (Wildman–Crippen MR) is 79.0 cm³/mol. The molecule has 1 aromatic carbocycles. The number of aryl methyl sites for hydroxylation is 1. The molecule has 0 aromatic heterocycles. The summed E-state index contributed by atoms with van der Waals surface area (Å²) in [6, 6.07) is 8.19. The van der Waals surface area contributed by atoms with Crippen molar-refractivity contribution in [3.8, 4) is 0 Å². The Balaban J connectivity index is 2.03. The number of carbonyl (C=O) groups is 1. The molecule has 116 valence electrons. The first-order chi connectivity index (χ1) is 10.1. The number of alkyl carbamates (subject to hydrolysis) is 1. The van der Waals surface area contributed by atoms with E-state index in [1.54, 1.807) is 7.11 Å². The molecule has 0 heterocycles. The molecule has 2 rings (SSSR count). The lowest BCUT2D eigenvalue weighted by atomic mass is 10.00. The lowest BCUT2D eigenvalue weighted by molar-refractivity contribution is -0.112. The molecule has 1 fully saturated rings. The van der Waals surface area contributed by atoms with Crippen LogP contribution in [0.15, 0.2) is 24.3 Å². The Morgan fingerprint density at radius 1 is 1.38 bits per heavy atom. The van der Waals surface area contributed by atoms with Gasteiger partial charge in [-0.15, -0.1) is 0 Å². The Hall–Kier alpha value is -1.59. The van der Waals surface area contributed by atoms with Crippen molar-refractivity contribution in [3.63, 3.8) is 0 Å². The van der Waals surface area contributed by atoms with Gasteiger partial charge < -0.3 is 19.5 Å². The van der Waals surface area contributed by atoms with Crippen LogP contribution in [0.2, 0.25) is 0 Å². The van der Waals surface area contributed by atoms with Crippen LogP contribution in [0.5, 0.6) is 0 Å². The first-order valence-electron chi connectivity index (χ1n) is 7.25. The number of hydrogen-bond acceptors (Lipinski definition) is 4. The molecule has 1 aliphatic carbocycles. The molecule has 5 nitrogen and oxygen atoms in total. The molecule has 0 saturated heterocycles. The van der Waals surface area contributed by atoms with Crippen molar-refractivity contribution in [1.82, 2.24) is 5.32 Å². The minimum Gasteiger partial charge on any atom is -0.443 e. The van der Waals surface area contributed by atoms with Crippen molar-refractivity contribution >= 4 is 6.09 Å². The number of hydrogen-bond donors (Lipinski definition) is 1. The van der Waals surface area contributed by atoms with Gasteiger partial charge in [0.2, 0.25) is 0 Å². The Kier molecular flexibility index (Phi) is 5.59. The van der Waals surface area contributed by atoms with Crippen LogP contribution in [0.25, 0.3) is 0 Å². The molecule has 1 N–H and O–H groups in total. The van der Waals surface area contributed by atoms with Gasteiger partial charge in [-0.25, -0.2) is 4.79 Å². The summed E-state index contributed by atoms with van der Waals surface area (Å²) in [6.45, 7) is 3.99. The van der Waals surface area contributed by atoms with Crippen molar-refractivity contribution < 1.29 is 19.0 Å². The molecule has 2 atom stereocenters. The molecule has 2 unspecified atom stereocenters. The Bertz CT molecular complexity index is 473. The molecule has 1 saturated carbocycles. The number of carbonyl (C=O) groups excluding carboxylic acids is 1. The van der Waals surface area contributed by atoms with Gasteiger partial charge in [-0.2, -0.15) is 0 Å². The zero-order chi connectivity index (χ0) is 15.2. The second-order valence-corrected chi connectivity index (χ2v) is 5.38. The maximum absolute atomic E-state index is 11.8. The summed E-state index contributed by atoms with van der Waals surface area (Å²) in [4.78, 5) is 11.8. The summed E-state index contributed by atoms with van der Waals surface area (Å²) in [5.74, 6) is 0. The third-order valence-electron chi connectivity index (χ3n) is 3.48. The van der Waals surface area contributed by atoms with Gasteiger partial charge in [0.15, 0.2) is 0 Å². The Labute approximate surface area is 125 Å². The highest BCUT2D eigenvalue weighted by molar-refractivity contribution is 5.68. The van der Waals surface area contributed by atoms with E-state index < -0.39 is 6.10 Å². The normalized spacial score (nSPS) is 17.1. The van der Waals surface area contributed by atoms with Crippen molar-refractivity contribution in [1.29, 1.82) is 0 Å². The van der Waals surface area contributed by atoms with Crippen molar-refractivity contribution in [2.45, 2.75) is 44.9 Å². The smallest absolute Gasteiger partial charge is 0.407 e. The maximum atomic E-state index is 11.8. The van der Waals surface area contributed by atoms with Gasteiger partial charge in [-0.1, -0.05) is 24.3 Å². The van der Waals surface area contributed by atoms with E-state index in [1.807, 2.05) is 38.1 Å². The van der Waals surface area contributed by atoms with Crippen LogP contribution in [0.1, 0.15) is 37.0 Å². The molecule has 0 bridgehead atoms. The number of nitrogens with one attached hydrogen (secondary N) is 1. The average molecular weight is 293 g/mol. The van der Waals surface area contributed by atoms with Crippen LogP contribution in [0, 0.1) is 6.92 Å². The van der Waals surface area contributed by atoms with E-state index in [0.29, 0.717) is 0 Å². The van der Waals surface area contributed by atoms with E-state index in [1.165, 1.54) is 0 Å². The summed E-state index contributed by atoms with van der Waals surface area (Å²) in [7, 11) is 1.57. The van der Waals surface area contributed by atoms with Gasteiger partial charge in [0, 0.05) is 13.2 Å². The summed E-state index contributed by atoms with van der Waals surface area (Å²) in [6.07, 6.45) is 0.927. The zero-order valence-electron chi connectivity index (χ0n) is 12.8. The molecule has 0 spiro atoms. The number of ether oxygens (including phenoxy) is 3. The van der Waals surface area contributed by atoms with Crippen molar-refractivity contribution in [2.75, 3.05) is 13.9 Å². The van der Waals surface area contributed by atoms with Crippen molar-refractivity contribution in [2.24, 2.45) is 0 Å². The van der Waals surface area contributed by atoms with Gasteiger partial charge in [0.05, 0.1) is 0 Å². The van der Waals surface area contributed by atoms with Gasteiger partial charge in [0.1, 0.15) is 19.0 Å². The lowest BCUT2D eigenvalue weighted by Crippen LogP contribution is -2.33. The van der Waals surface area contributed by atoms with E-state index in [4.69, 9.17) is 14.2 Å². The van der Waals surface area contributed by atoms with Crippen molar-refractivity contribution in [3.05, 3.63) is 35.4 Å². The minimum absolute atomic E-state index is 0.150. The van der Waals surface area contributed by atoms with Crippen LogP contribution in [-0.2, 0) is 14.2 Å². The third-order valence-corrected chi connectivity index (χ3v) is 3.48. The van der Waals surface area contributed by atoms with Gasteiger partial charge in [-0.3, -0.25) is 0 Å². The molecule has 0 aliphatic heterocycles. The summed E-state index contributed by atoms with van der Waals surface area (Å²) < 4.78 is 16.1. The molecular formula is C16H23NO4. The van der Waals surface area contributed by atoms with E-state index in [9.17, 15) is 4.79 Å². The topological polar surface area (TPSA) is 56.8 Å². The van der Waals surface area contributed by atoms with Gasteiger partial charge in [0.25, 0.3) is 0 Å². The van der Waals surface area contributed by atoms with Crippen LogP contribution in [-0.4, -0.2) is 32.1 Å². The standard InChI is InChI=1S/C16H23NO4/c1-11-6-4-5-7-14(11)15(20-10-19-3)12(2)21-16(18)17-13-8-9-13/h4-7,12-13,15H,8-10H2,1-3H3,(H,17,18). The molecule has 5 heteroatoms. The maximum Gasteiger partial charge on any atom is 0.407 e.